The number of anilines is 1. The van der Waals surface area contributed by atoms with Crippen LogP contribution in [0.15, 0.2) is 48.7 Å². The molecule has 0 unspecified atom stereocenters. The topological polar surface area (TPSA) is 97.5 Å². The molecule has 1 aliphatic rings. The van der Waals surface area contributed by atoms with Gasteiger partial charge in [0.25, 0.3) is 0 Å². The summed E-state index contributed by atoms with van der Waals surface area (Å²) in [5.41, 5.74) is 1.93. The summed E-state index contributed by atoms with van der Waals surface area (Å²) in [6.45, 7) is 2.63. The highest BCUT2D eigenvalue weighted by Gasteiger charge is 2.21. The molecule has 1 N–H and O–H groups in total. The summed E-state index contributed by atoms with van der Waals surface area (Å²) in [4.78, 5) is 11.8. The van der Waals surface area contributed by atoms with Crippen LogP contribution in [0.5, 0.6) is 5.75 Å². The van der Waals surface area contributed by atoms with Gasteiger partial charge >= 0.3 is 0 Å². The van der Waals surface area contributed by atoms with Crippen molar-refractivity contribution in [1.29, 1.82) is 0 Å². The first-order chi connectivity index (χ1) is 14.4. The van der Waals surface area contributed by atoms with Crippen LogP contribution in [-0.4, -0.2) is 60.0 Å². The van der Waals surface area contributed by atoms with Crippen LogP contribution in [0, 0.1) is 0 Å². The molecule has 4 aromatic rings. The standard InChI is InChI=1S/C21H20N4O4S/c1-30(27,28)25-8-7-16-18(25)6-5-17-19(16)22-20(14-3-2-4-15(26)13-14)23-21(17)24-9-11-29-12-10-24/h2-8,13,26H,9-12H2,1H3. The third-order valence-corrected chi connectivity index (χ3v) is 6.28. The third kappa shape index (κ3) is 3.16. The molecule has 30 heavy (non-hydrogen) atoms. The van der Waals surface area contributed by atoms with Crippen LogP contribution in [-0.2, 0) is 14.8 Å². The van der Waals surface area contributed by atoms with E-state index < -0.39 is 10.0 Å². The van der Waals surface area contributed by atoms with Gasteiger partial charge in [-0.2, -0.15) is 0 Å². The first-order valence-corrected chi connectivity index (χ1v) is 11.4. The fourth-order valence-corrected chi connectivity index (χ4v) is 4.65. The molecule has 0 aliphatic carbocycles. The Hall–Kier alpha value is -3.17. The number of phenolic OH excluding ortho intramolecular Hbond substituents is 1. The lowest BCUT2D eigenvalue weighted by Gasteiger charge is -2.29. The van der Waals surface area contributed by atoms with E-state index in [0.717, 1.165) is 16.6 Å². The Kier molecular flexibility index (Phi) is 4.37. The van der Waals surface area contributed by atoms with Crippen LogP contribution in [0.4, 0.5) is 5.82 Å². The predicted octanol–water partition coefficient (Wildman–Crippen LogP) is 2.60. The van der Waals surface area contributed by atoms with Crippen LogP contribution in [0.2, 0.25) is 0 Å². The average Bonchev–Trinajstić information content (AvgIpc) is 3.19. The Bertz CT molecular complexity index is 1370. The zero-order valence-electron chi connectivity index (χ0n) is 16.3. The number of hydrogen-bond acceptors (Lipinski definition) is 7. The first-order valence-electron chi connectivity index (χ1n) is 9.56. The molecule has 154 valence electrons. The minimum absolute atomic E-state index is 0.130. The van der Waals surface area contributed by atoms with Crippen molar-refractivity contribution < 1.29 is 18.3 Å². The number of benzene rings is 2. The van der Waals surface area contributed by atoms with Crippen LogP contribution in [0.3, 0.4) is 0 Å². The van der Waals surface area contributed by atoms with E-state index >= 15 is 0 Å². The predicted molar refractivity (Wildman–Crippen MR) is 115 cm³/mol. The molecule has 0 spiro atoms. The Morgan fingerprint density at radius 2 is 1.83 bits per heavy atom. The summed E-state index contributed by atoms with van der Waals surface area (Å²) in [7, 11) is -3.44. The smallest absolute Gasteiger partial charge is 0.236 e. The fraction of sp³-hybridized carbons (Fsp3) is 0.238. The van der Waals surface area contributed by atoms with Gasteiger partial charge in [-0.3, -0.25) is 0 Å². The zero-order chi connectivity index (χ0) is 20.9. The van der Waals surface area contributed by atoms with Gasteiger partial charge in [0.2, 0.25) is 10.0 Å². The minimum Gasteiger partial charge on any atom is -0.508 e. The monoisotopic (exact) mass is 424 g/mol. The van der Waals surface area contributed by atoms with Gasteiger partial charge in [0.1, 0.15) is 11.6 Å². The van der Waals surface area contributed by atoms with Crippen molar-refractivity contribution in [2.75, 3.05) is 37.5 Å². The van der Waals surface area contributed by atoms with Crippen LogP contribution >= 0.6 is 0 Å². The largest absolute Gasteiger partial charge is 0.508 e. The fourth-order valence-electron chi connectivity index (χ4n) is 3.85. The summed E-state index contributed by atoms with van der Waals surface area (Å²) < 4.78 is 31.1. The quantitative estimate of drug-likeness (QED) is 0.540. The minimum atomic E-state index is -3.44. The maximum absolute atomic E-state index is 12.2. The third-order valence-electron chi connectivity index (χ3n) is 5.25. The second-order valence-corrected chi connectivity index (χ2v) is 9.15. The molecule has 2 aromatic heterocycles. The molecular formula is C21H20N4O4S. The van der Waals surface area contributed by atoms with E-state index in [2.05, 4.69) is 4.90 Å². The van der Waals surface area contributed by atoms with Gasteiger partial charge in [0.05, 0.1) is 30.5 Å². The van der Waals surface area contributed by atoms with Crippen LogP contribution in [0.1, 0.15) is 0 Å². The summed E-state index contributed by atoms with van der Waals surface area (Å²) >= 11 is 0. The Balaban J connectivity index is 1.82. The Morgan fingerprint density at radius 3 is 2.57 bits per heavy atom. The number of hydrogen-bond donors (Lipinski definition) is 1. The molecule has 0 saturated carbocycles. The number of ether oxygens (including phenoxy) is 1. The van der Waals surface area contributed by atoms with Crippen molar-refractivity contribution >= 4 is 37.6 Å². The molecule has 9 heteroatoms. The Morgan fingerprint density at radius 1 is 1.03 bits per heavy atom. The van der Waals surface area contributed by atoms with Crippen molar-refractivity contribution in [1.82, 2.24) is 13.9 Å². The summed E-state index contributed by atoms with van der Waals surface area (Å²) in [6.07, 6.45) is 2.72. The SMILES string of the molecule is CS(=O)(=O)n1ccc2c3nc(-c4cccc(O)c4)nc(N4CCOCC4)c3ccc21. The molecular weight excluding hydrogens is 404 g/mol. The van der Waals surface area contributed by atoms with E-state index in [1.54, 1.807) is 36.5 Å². The molecule has 0 atom stereocenters. The van der Waals surface area contributed by atoms with Gasteiger partial charge in [0, 0.05) is 35.6 Å². The maximum atomic E-state index is 12.2. The van der Waals surface area contributed by atoms with E-state index in [1.165, 1.54) is 10.2 Å². The van der Waals surface area contributed by atoms with E-state index in [-0.39, 0.29) is 5.75 Å². The molecule has 1 saturated heterocycles. The van der Waals surface area contributed by atoms with Crippen molar-refractivity contribution in [3.8, 4) is 17.1 Å². The molecule has 0 radical (unpaired) electrons. The Labute approximate surface area is 173 Å². The lowest BCUT2D eigenvalue weighted by molar-refractivity contribution is 0.122. The average molecular weight is 424 g/mol. The second kappa shape index (κ2) is 6.96. The molecule has 2 aromatic carbocycles. The van der Waals surface area contributed by atoms with Crippen LogP contribution in [0.25, 0.3) is 33.2 Å². The number of phenols is 1. The molecule has 5 rings (SSSR count). The van der Waals surface area contributed by atoms with Crippen molar-refractivity contribution in [2.24, 2.45) is 0 Å². The highest BCUT2D eigenvalue weighted by molar-refractivity contribution is 7.89. The van der Waals surface area contributed by atoms with Crippen LogP contribution < -0.4 is 4.90 Å². The molecule has 0 bridgehead atoms. The maximum Gasteiger partial charge on any atom is 0.236 e. The number of aromatic nitrogens is 3. The van der Waals surface area contributed by atoms with E-state index in [1.807, 2.05) is 12.1 Å². The van der Waals surface area contributed by atoms with Gasteiger partial charge in [-0.15, -0.1) is 0 Å². The number of nitrogens with zero attached hydrogens (tertiary/aromatic N) is 4. The van der Waals surface area contributed by atoms with E-state index in [9.17, 15) is 13.5 Å². The molecule has 1 aliphatic heterocycles. The first kappa shape index (κ1) is 18.8. The van der Waals surface area contributed by atoms with Crippen molar-refractivity contribution in [2.45, 2.75) is 0 Å². The summed E-state index contributed by atoms with van der Waals surface area (Å²) in [5, 5.41) is 11.5. The number of fused-ring (bicyclic) bond motifs is 3. The molecule has 8 nitrogen and oxygen atoms in total. The lowest BCUT2D eigenvalue weighted by Crippen LogP contribution is -2.37. The summed E-state index contributed by atoms with van der Waals surface area (Å²) in [6, 6.07) is 12.2. The highest BCUT2D eigenvalue weighted by atomic mass is 32.2. The highest BCUT2D eigenvalue weighted by Crippen LogP contribution is 2.34. The number of rotatable bonds is 3. The van der Waals surface area contributed by atoms with Gasteiger partial charge in [0.15, 0.2) is 5.82 Å². The molecule has 3 heterocycles. The zero-order valence-corrected chi connectivity index (χ0v) is 17.1. The van der Waals surface area contributed by atoms with Crippen molar-refractivity contribution in [3.05, 3.63) is 48.7 Å². The van der Waals surface area contributed by atoms with E-state index in [4.69, 9.17) is 14.7 Å². The van der Waals surface area contributed by atoms with Gasteiger partial charge in [-0.25, -0.2) is 22.4 Å². The van der Waals surface area contributed by atoms with Gasteiger partial charge in [-0.1, -0.05) is 12.1 Å². The van der Waals surface area contributed by atoms with E-state index in [0.29, 0.717) is 48.7 Å². The number of aromatic hydroxyl groups is 1. The normalized spacial score (nSPS) is 15.2. The second-order valence-electron chi connectivity index (χ2n) is 7.29. The number of morpholine rings is 1. The lowest BCUT2D eigenvalue weighted by atomic mass is 10.1. The molecule has 1 fully saturated rings. The van der Waals surface area contributed by atoms with Gasteiger partial charge < -0.3 is 14.7 Å². The van der Waals surface area contributed by atoms with Gasteiger partial charge in [-0.05, 0) is 30.3 Å². The summed E-state index contributed by atoms with van der Waals surface area (Å²) in [5.74, 6) is 1.38. The van der Waals surface area contributed by atoms with Crippen molar-refractivity contribution in [3.63, 3.8) is 0 Å². The molecule has 0 amide bonds.